The number of thioether (sulfide) groups is 2. The van der Waals surface area contributed by atoms with Gasteiger partial charge in [-0.1, -0.05) is 11.8 Å². The molecule has 0 aliphatic heterocycles. The van der Waals surface area contributed by atoms with E-state index in [4.69, 9.17) is 0 Å². The van der Waals surface area contributed by atoms with Crippen molar-refractivity contribution in [3.05, 3.63) is 0 Å². The molecular weight excluding hydrogens is 168 g/mol. The summed E-state index contributed by atoms with van der Waals surface area (Å²) in [5.41, 5.74) is 0. The topological polar surface area (TPSA) is 34.1 Å². The number of carbonyl (C=O) groups is 2. The van der Waals surface area contributed by atoms with Crippen molar-refractivity contribution in [3.63, 3.8) is 0 Å². The van der Waals surface area contributed by atoms with Crippen LogP contribution in [0.25, 0.3) is 0 Å². The molecule has 0 saturated carbocycles. The highest BCUT2D eigenvalue weighted by Crippen LogP contribution is 2.02. The molecule has 4 heteroatoms. The summed E-state index contributed by atoms with van der Waals surface area (Å²) in [5, 5.41) is -0.0425. The lowest BCUT2D eigenvalue weighted by Gasteiger charge is -1.93. The van der Waals surface area contributed by atoms with Crippen molar-refractivity contribution in [2.75, 3.05) is 18.3 Å². The first kappa shape index (κ1) is 10.0. The van der Waals surface area contributed by atoms with Crippen molar-refractivity contribution in [1.82, 2.24) is 0 Å². The molecule has 0 aliphatic carbocycles. The van der Waals surface area contributed by atoms with Gasteiger partial charge in [0.05, 0.1) is 12.2 Å². The summed E-state index contributed by atoms with van der Waals surface area (Å²) in [4.78, 5) is 21.4. The highest BCUT2D eigenvalue weighted by molar-refractivity contribution is 8.13. The molecule has 0 radical (unpaired) electrons. The van der Waals surface area contributed by atoms with Gasteiger partial charge in [-0.15, -0.1) is 0 Å². The molecule has 0 fully saturated rings. The first-order chi connectivity index (χ1) is 4.70. The van der Waals surface area contributed by atoms with E-state index in [1.165, 1.54) is 11.8 Å². The van der Waals surface area contributed by atoms with Crippen LogP contribution < -0.4 is 0 Å². The van der Waals surface area contributed by atoms with Crippen LogP contribution >= 0.6 is 23.5 Å². The van der Waals surface area contributed by atoms with Crippen LogP contribution in [0.2, 0.25) is 0 Å². The number of hydrogen-bond acceptors (Lipinski definition) is 4. The summed E-state index contributed by atoms with van der Waals surface area (Å²) in [6.07, 6.45) is 3.62. The van der Waals surface area contributed by atoms with Crippen molar-refractivity contribution in [1.29, 1.82) is 0 Å². The number of rotatable bonds is 4. The predicted molar refractivity (Wildman–Crippen MR) is 46.5 cm³/mol. The van der Waals surface area contributed by atoms with Crippen molar-refractivity contribution in [2.24, 2.45) is 0 Å². The molecule has 2 nitrogen and oxygen atoms in total. The normalized spacial score (nSPS) is 9.40. The Bertz CT molecular complexity index is 134. The van der Waals surface area contributed by atoms with Crippen LogP contribution in [0, 0.1) is 0 Å². The zero-order valence-corrected chi connectivity index (χ0v) is 7.68. The van der Waals surface area contributed by atoms with Crippen molar-refractivity contribution < 1.29 is 9.59 Å². The molecule has 0 bridgehead atoms. The second-order valence-electron chi connectivity index (χ2n) is 1.72. The monoisotopic (exact) mass is 178 g/mol. The van der Waals surface area contributed by atoms with E-state index in [1.807, 2.05) is 6.26 Å². The second kappa shape index (κ2) is 5.80. The van der Waals surface area contributed by atoms with Gasteiger partial charge in [0.2, 0.25) is 0 Å². The maximum Gasteiger partial charge on any atom is 0.196 e. The SMILES string of the molecule is CSCC(=O)CC(=O)SC. The summed E-state index contributed by atoms with van der Waals surface area (Å²) in [6.45, 7) is 0. The van der Waals surface area contributed by atoms with Crippen molar-refractivity contribution >= 4 is 34.4 Å². The van der Waals surface area contributed by atoms with Crippen LogP contribution in [-0.2, 0) is 9.59 Å². The molecule has 0 N–H and O–H groups in total. The third kappa shape index (κ3) is 4.88. The fourth-order valence-corrected chi connectivity index (χ4v) is 1.17. The second-order valence-corrected chi connectivity index (χ2v) is 3.45. The molecule has 0 atom stereocenters. The van der Waals surface area contributed by atoms with Crippen molar-refractivity contribution in [2.45, 2.75) is 6.42 Å². The molecular formula is C6H10O2S2. The Kier molecular flexibility index (Phi) is 5.82. The number of ketones is 1. The van der Waals surface area contributed by atoms with Gasteiger partial charge in [0.1, 0.15) is 0 Å². The smallest absolute Gasteiger partial charge is 0.196 e. The van der Waals surface area contributed by atoms with Gasteiger partial charge in [-0.3, -0.25) is 9.59 Å². The standard InChI is InChI=1S/C6H10O2S2/c1-9-4-5(7)3-6(8)10-2/h3-4H2,1-2H3. The summed E-state index contributed by atoms with van der Waals surface area (Å²) in [6, 6.07) is 0. The van der Waals surface area contributed by atoms with Crippen LogP contribution in [0.15, 0.2) is 0 Å². The van der Waals surface area contributed by atoms with Crippen LogP contribution in [0.3, 0.4) is 0 Å². The Morgan fingerprint density at radius 2 is 1.90 bits per heavy atom. The average molecular weight is 178 g/mol. The molecule has 0 unspecified atom stereocenters. The number of Topliss-reactive ketones (excluding diaryl/α,β-unsaturated/α-hetero) is 1. The Morgan fingerprint density at radius 1 is 1.30 bits per heavy atom. The summed E-state index contributed by atoms with van der Waals surface area (Å²) >= 11 is 2.56. The van der Waals surface area contributed by atoms with Gasteiger partial charge in [-0.2, -0.15) is 11.8 Å². The van der Waals surface area contributed by atoms with E-state index in [-0.39, 0.29) is 17.3 Å². The van der Waals surface area contributed by atoms with Gasteiger partial charge < -0.3 is 0 Å². The number of hydrogen-bond donors (Lipinski definition) is 0. The Labute approximate surface area is 69.1 Å². The summed E-state index contributed by atoms with van der Waals surface area (Å²) in [5.74, 6) is 0.471. The zero-order chi connectivity index (χ0) is 7.98. The minimum absolute atomic E-state index is 0.0202. The van der Waals surface area contributed by atoms with E-state index in [0.717, 1.165) is 11.8 Å². The summed E-state index contributed by atoms with van der Waals surface area (Å²) < 4.78 is 0. The molecule has 0 rings (SSSR count). The Morgan fingerprint density at radius 3 is 2.30 bits per heavy atom. The molecule has 0 aromatic rings. The lowest BCUT2D eigenvalue weighted by atomic mass is 10.3. The summed E-state index contributed by atoms with van der Waals surface area (Å²) in [7, 11) is 0. The first-order valence-corrected chi connectivity index (χ1v) is 5.40. The van der Waals surface area contributed by atoms with Crippen LogP contribution in [0.1, 0.15) is 6.42 Å². The van der Waals surface area contributed by atoms with Crippen molar-refractivity contribution in [3.8, 4) is 0 Å². The van der Waals surface area contributed by atoms with E-state index < -0.39 is 0 Å². The van der Waals surface area contributed by atoms with Crippen LogP contribution in [0.5, 0.6) is 0 Å². The van der Waals surface area contributed by atoms with Gasteiger partial charge >= 0.3 is 0 Å². The predicted octanol–water partition coefficient (Wildman–Crippen LogP) is 1.20. The van der Waals surface area contributed by atoms with E-state index in [2.05, 4.69) is 0 Å². The van der Waals surface area contributed by atoms with Gasteiger partial charge in [0, 0.05) is 0 Å². The zero-order valence-electron chi connectivity index (χ0n) is 6.05. The molecule has 0 aliphatic rings. The minimum atomic E-state index is -0.0425. The third-order valence-corrected chi connectivity index (χ3v) is 2.08. The maximum absolute atomic E-state index is 10.8. The minimum Gasteiger partial charge on any atom is -0.298 e. The Hall–Kier alpha value is 0.0400. The van der Waals surface area contributed by atoms with Crippen LogP contribution in [0.4, 0.5) is 0 Å². The van der Waals surface area contributed by atoms with Crippen LogP contribution in [-0.4, -0.2) is 29.2 Å². The third-order valence-electron chi connectivity index (χ3n) is 0.875. The highest BCUT2D eigenvalue weighted by atomic mass is 32.2. The van der Waals surface area contributed by atoms with Gasteiger partial charge in [-0.25, -0.2) is 0 Å². The fourth-order valence-electron chi connectivity index (χ4n) is 0.445. The molecule has 0 heterocycles. The van der Waals surface area contributed by atoms with E-state index in [9.17, 15) is 9.59 Å². The maximum atomic E-state index is 10.8. The van der Waals surface area contributed by atoms with Gasteiger partial charge in [0.25, 0.3) is 0 Å². The first-order valence-electron chi connectivity index (χ1n) is 2.78. The Balaban J connectivity index is 3.47. The molecule has 0 amide bonds. The fraction of sp³-hybridized carbons (Fsp3) is 0.667. The van der Waals surface area contributed by atoms with E-state index >= 15 is 0 Å². The highest BCUT2D eigenvalue weighted by Gasteiger charge is 2.06. The largest absolute Gasteiger partial charge is 0.298 e. The molecule has 58 valence electrons. The van der Waals surface area contributed by atoms with Gasteiger partial charge in [0.15, 0.2) is 10.9 Å². The molecule has 10 heavy (non-hydrogen) atoms. The number of carbonyl (C=O) groups excluding carboxylic acids is 2. The molecule has 0 aromatic heterocycles. The lowest BCUT2D eigenvalue weighted by molar-refractivity contribution is -0.121. The average Bonchev–Trinajstić information content (AvgIpc) is 1.88. The van der Waals surface area contributed by atoms with E-state index in [0.29, 0.717) is 5.75 Å². The molecule has 0 spiro atoms. The quantitative estimate of drug-likeness (QED) is 0.606. The molecule has 0 saturated heterocycles. The molecule has 0 aromatic carbocycles. The van der Waals surface area contributed by atoms with E-state index in [1.54, 1.807) is 6.26 Å². The lowest BCUT2D eigenvalue weighted by Crippen LogP contribution is -2.06. The van der Waals surface area contributed by atoms with Gasteiger partial charge in [-0.05, 0) is 12.5 Å².